The van der Waals surface area contributed by atoms with Gasteiger partial charge in [-0.3, -0.25) is 4.79 Å². The Hall–Kier alpha value is -2.07. The molecule has 2 atom stereocenters. The first-order valence-electron chi connectivity index (χ1n) is 9.61. The van der Waals surface area contributed by atoms with E-state index in [2.05, 4.69) is 19.2 Å². The van der Waals surface area contributed by atoms with E-state index in [4.69, 9.17) is 9.47 Å². The van der Waals surface area contributed by atoms with Crippen molar-refractivity contribution in [1.82, 2.24) is 0 Å². The Balaban J connectivity index is 1.90. The predicted molar refractivity (Wildman–Crippen MR) is 106 cm³/mol. The second-order valence-corrected chi connectivity index (χ2v) is 7.36. The van der Waals surface area contributed by atoms with Crippen LogP contribution in [-0.4, -0.2) is 25.2 Å². The maximum atomic E-state index is 13.1. The number of fused-ring (bicyclic) bond motifs is 1. The highest BCUT2D eigenvalue weighted by Gasteiger charge is 2.42. The Morgan fingerprint density at radius 3 is 2.69 bits per heavy atom. The van der Waals surface area contributed by atoms with Crippen LogP contribution in [0.5, 0.6) is 5.75 Å². The van der Waals surface area contributed by atoms with Crippen LogP contribution in [0.4, 0.5) is 5.69 Å². The van der Waals surface area contributed by atoms with E-state index in [1.807, 2.05) is 36.4 Å². The summed E-state index contributed by atoms with van der Waals surface area (Å²) in [6.45, 7) is 4.96. The molecule has 0 spiro atoms. The summed E-state index contributed by atoms with van der Waals surface area (Å²) in [7, 11) is 1.65. The maximum absolute atomic E-state index is 13.1. The van der Waals surface area contributed by atoms with Crippen LogP contribution in [0.3, 0.4) is 0 Å². The lowest BCUT2D eigenvalue weighted by molar-refractivity contribution is -0.143. The number of hydrogen-bond donors (Lipinski definition) is 1. The molecule has 1 N–H and O–H groups in total. The van der Waals surface area contributed by atoms with E-state index in [0.29, 0.717) is 12.5 Å². The van der Waals surface area contributed by atoms with Crippen molar-refractivity contribution in [2.24, 2.45) is 5.92 Å². The standard InChI is InChI=1S/C22H29NO3/c1-4-14-26-20-12-11-19(17-9-5-6-10-18(17)20)23-21(24)22(25-3)13-7-8-16(2)15-22/h5-6,9-12,16H,4,7-8,13-15H2,1-3H3,(H,23,24). The van der Waals surface area contributed by atoms with Crippen molar-refractivity contribution >= 4 is 22.4 Å². The monoisotopic (exact) mass is 355 g/mol. The number of carbonyl (C=O) groups is 1. The van der Waals surface area contributed by atoms with Gasteiger partial charge in [0.05, 0.1) is 6.61 Å². The lowest BCUT2D eigenvalue weighted by atomic mass is 9.78. The average molecular weight is 355 g/mol. The maximum Gasteiger partial charge on any atom is 0.256 e. The van der Waals surface area contributed by atoms with Gasteiger partial charge in [-0.1, -0.05) is 44.5 Å². The molecule has 0 heterocycles. The number of nitrogens with one attached hydrogen (secondary N) is 1. The lowest BCUT2D eigenvalue weighted by Crippen LogP contribution is -2.47. The summed E-state index contributed by atoms with van der Waals surface area (Å²) in [5, 5.41) is 5.14. The van der Waals surface area contributed by atoms with E-state index in [0.717, 1.165) is 54.3 Å². The molecule has 4 heteroatoms. The summed E-state index contributed by atoms with van der Waals surface area (Å²) in [4.78, 5) is 13.1. The topological polar surface area (TPSA) is 47.6 Å². The molecule has 26 heavy (non-hydrogen) atoms. The quantitative estimate of drug-likeness (QED) is 0.778. The van der Waals surface area contributed by atoms with Gasteiger partial charge in [0.25, 0.3) is 5.91 Å². The first-order valence-corrected chi connectivity index (χ1v) is 9.61. The third-order valence-electron chi connectivity index (χ3n) is 5.35. The normalized spacial score (nSPS) is 23.0. The van der Waals surface area contributed by atoms with Crippen molar-refractivity contribution in [2.75, 3.05) is 19.0 Å². The fourth-order valence-electron chi connectivity index (χ4n) is 3.94. The number of anilines is 1. The van der Waals surface area contributed by atoms with Crippen molar-refractivity contribution in [1.29, 1.82) is 0 Å². The van der Waals surface area contributed by atoms with Crippen molar-refractivity contribution in [3.8, 4) is 5.75 Å². The summed E-state index contributed by atoms with van der Waals surface area (Å²) < 4.78 is 11.6. The molecule has 140 valence electrons. The molecule has 0 aliphatic heterocycles. The van der Waals surface area contributed by atoms with Gasteiger partial charge >= 0.3 is 0 Å². The minimum atomic E-state index is -0.726. The van der Waals surface area contributed by atoms with E-state index in [9.17, 15) is 4.79 Å². The van der Waals surface area contributed by atoms with E-state index in [-0.39, 0.29) is 5.91 Å². The molecule has 2 aromatic rings. The van der Waals surface area contributed by atoms with Crippen LogP contribution in [0, 0.1) is 5.92 Å². The summed E-state index contributed by atoms with van der Waals surface area (Å²) in [6, 6.07) is 11.9. The third-order valence-corrected chi connectivity index (χ3v) is 5.35. The van der Waals surface area contributed by atoms with Crippen LogP contribution in [0.1, 0.15) is 46.0 Å². The zero-order valence-electron chi connectivity index (χ0n) is 16.0. The van der Waals surface area contributed by atoms with Crippen LogP contribution in [0.2, 0.25) is 0 Å². The van der Waals surface area contributed by atoms with Gasteiger partial charge in [0.2, 0.25) is 0 Å². The highest BCUT2D eigenvalue weighted by molar-refractivity contribution is 6.06. The smallest absolute Gasteiger partial charge is 0.256 e. The van der Waals surface area contributed by atoms with E-state index in [1.54, 1.807) is 7.11 Å². The van der Waals surface area contributed by atoms with Crippen LogP contribution in [-0.2, 0) is 9.53 Å². The molecule has 1 fully saturated rings. The van der Waals surface area contributed by atoms with E-state index < -0.39 is 5.60 Å². The summed E-state index contributed by atoms with van der Waals surface area (Å²) >= 11 is 0. The molecule has 0 saturated heterocycles. The van der Waals surface area contributed by atoms with Gasteiger partial charge in [0, 0.05) is 23.6 Å². The molecule has 1 aliphatic carbocycles. The number of methoxy groups -OCH3 is 1. The number of carbonyl (C=O) groups excluding carboxylic acids is 1. The zero-order chi connectivity index (χ0) is 18.6. The van der Waals surface area contributed by atoms with E-state index >= 15 is 0 Å². The van der Waals surface area contributed by atoms with Crippen LogP contribution < -0.4 is 10.1 Å². The largest absolute Gasteiger partial charge is 0.493 e. The minimum Gasteiger partial charge on any atom is -0.493 e. The van der Waals surface area contributed by atoms with Crippen LogP contribution in [0.15, 0.2) is 36.4 Å². The summed E-state index contributed by atoms with van der Waals surface area (Å²) in [5.74, 6) is 1.31. The van der Waals surface area contributed by atoms with Crippen molar-refractivity contribution in [2.45, 2.75) is 51.6 Å². The molecule has 2 aromatic carbocycles. The first-order chi connectivity index (χ1) is 12.6. The van der Waals surface area contributed by atoms with Gasteiger partial charge < -0.3 is 14.8 Å². The average Bonchev–Trinajstić information content (AvgIpc) is 2.67. The minimum absolute atomic E-state index is 0.0427. The first kappa shape index (κ1) is 18.7. The molecule has 1 saturated carbocycles. The number of amides is 1. The molecular weight excluding hydrogens is 326 g/mol. The second kappa shape index (κ2) is 8.09. The number of benzene rings is 2. The summed E-state index contributed by atoms with van der Waals surface area (Å²) in [6.07, 6.45) is 4.68. The zero-order valence-corrected chi connectivity index (χ0v) is 16.0. The van der Waals surface area contributed by atoms with E-state index in [1.165, 1.54) is 0 Å². The van der Waals surface area contributed by atoms with Gasteiger partial charge in [0.1, 0.15) is 11.4 Å². The molecular formula is C22H29NO3. The number of hydrogen-bond acceptors (Lipinski definition) is 3. The van der Waals surface area contributed by atoms with Crippen molar-refractivity contribution in [3.63, 3.8) is 0 Å². The van der Waals surface area contributed by atoms with Crippen LogP contribution in [0.25, 0.3) is 10.8 Å². The van der Waals surface area contributed by atoms with Crippen molar-refractivity contribution < 1.29 is 14.3 Å². The molecule has 2 unspecified atom stereocenters. The number of rotatable bonds is 6. The SMILES string of the molecule is CCCOc1ccc(NC(=O)C2(OC)CCCC(C)C2)c2ccccc12. The molecule has 3 rings (SSSR count). The highest BCUT2D eigenvalue weighted by atomic mass is 16.5. The molecule has 0 aromatic heterocycles. The third kappa shape index (κ3) is 3.70. The van der Waals surface area contributed by atoms with Gasteiger partial charge in [-0.05, 0) is 43.7 Å². The van der Waals surface area contributed by atoms with Gasteiger partial charge in [0.15, 0.2) is 0 Å². The molecule has 1 amide bonds. The number of ether oxygens (including phenoxy) is 2. The van der Waals surface area contributed by atoms with Crippen molar-refractivity contribution in [3.05, 3.63) is 36.4 Å². The fourth-order valence-corrected chi connectivity index (χ4v) is 3.94. The molecule has 0 radical (unpaired) electrons. The van der Waals surface area contributed by atoms with Gasteiger partial charge in [-0.15, -0.1) is 0 Å². The molecule has 0 bridgehead atoms. The van der Waals surface area contributed by atoms with Crippen LogP contribution >= 0.6 is 0 Å². The Morgan fingerprint density at radius 2 is 2.00 bits per heavy atom. The fraction of sp³-hybridized carbons (Fsp3) is 0.500. The predicted octanol–water partition coefficient (Wildman–Crippen LogP) is 5.16. The lowest BCUT2D eigenvalue weighted by Gasteiger charge is -2.37. The Morgan fingerprint density at radius 1 is 1.23 bits per heavy atom. The Kier molecular flexibility index (Phi) is 5.82. The van der Waals surface area contributed by atoms with Gasteiger partial charge in [-0.2, -0.15) is 0 Å². The molecule has 1 aliphatic rings. The molecule has 4 nitrogen and oxygen atoms in total. The van der Waals surface area contributed by atoms with Gasteiger partial charge in [-0.25, -0.2) is 0 Å². The Labute approximate surface area is 155 Å². The summed E-state index contributed by atoms with van der Waals surface area (Å²) in [5.41, 5.74) is 0.0833. The highest BCUT2D eigenvalue weighted by Crippen LogP contribution is 2.37. The Bertz CT molecular complexity index is 773. The second-order valence-electron chi connectivity index (χ2n) is 7.36.